The predicted molar refractivity (Wildman–Crippen MR) is 75.3 cm³/mol. The van der Waals surface area contributed by atoms with Crippen molar-refractivity contribution in [3.63, 3.8) is 0 Å². The van der Waals surface area contributed by atoms with Crippen LogP contribution in [0.15, 0.2) is 56.7 Å². The van der Waals surface area contributed by atoms with Crippen molar-refractivity contribution in [1.82, 2.24) is 0 Å². The maximum absolute atomic E-state index is 13.8. The van der Waals surface area contributed by atoms with Crippen molar-refractivity contribution in [3.8, 4) is 0 Å². The van der Waals surface area contributed by atoms with E-state index in [9.17, 15) is 9.50 Å². The van der Waals surface area contributed by atoms with Crippen molar-refractivity contribution in [2.24, 2.45) is 0 Å². The quantitative estimate of drug-likeness (QED) is 0.874. The fraction of sp³-hybridized carbons (Fsp3) is 0.143. The number of rotatable bonds is 3. The van der Waals surface area contributed by atoms with Crippen molar-refractivity contribution >= 4 is 27.7 Å². The molecular weight excluding hydrogens is 315 g/mol. The molecule has 0 aliphatic carbocycles. The van der Waals surface area contributed by atoms with Crippen molar-refractivity contribution in [2.75, 3.05) is 0 Å². The van der Waals surface area contributed by atoms with Gasteiger partial charge >= 0.3 is 0 Å². The number of halogens is 2. The van der Waals surface area contributed by atoms with Gasteiger partial charge in [-0.15, -0.1) is 0 Å². The molecule has 0 radical (unpaired) electrons. The molecule has 94 valence electrons. The first kappa shape index (κ1) is 13.6. The van der Waals surface area contributed by atoms with E-state index in [4.69, 9.17) is 0 Å². The molecule has 1 atom stereocenters. The summed E-state index contributed by atoms with van der Waals surface area (Å²) in [4.78, 5) is 1.42. The van der Waals surface area contributed by atoms with Gasteiger partial charge in [0.1, 0.15) is 5.82 Å². The molecule has 0 amide bonds. The Labute approximate surface area is 118 Å². The Kier molecular flexibility index (Phi) is 4.43. The number of aliphatic hydroxyl groups is 1. The molecule has 18 heavy (non-hydrogen) atoms. The molecule has 2 aromatic carbocycles. The van der Waals surface area contributed by atoms with Crippen LogP contribution in [0.3, 0.4) is 0 Å². The van der Waals surface area contributed by atoms with E-state index in [1.54, 1.807) is 19.1 Å². The van der Waals surface area contributed by atoms with Crippen LogP contribution in [0.1, 0.15) is 18.6 Å². The van der Waals surface area contributed by atoms with Gasteiger partial charge in [0.2, 0.25) is 0 Å². The van der Waals surface area contributed by atoms with Crippen molar-refractivity contribution in [1.29, 1.82) is 0 Å². The highest BCUT2D eigenvalue weighted by Gasteiger charge is 2.13. The Hall–Kier alpha value is -0.840. The summed E-state index contributed by atoms with van der Waals surface area (Å²) < 4.78 is 14.8. The zero-order chi connectivity index (χ0) is 13.1. The second-order valence-corrected chi connectivity index (χ2v) is 5.89. The molecule has 2 aromatic rings. The van der Waals surface area contributed by atoms with E-state index in [1.165, 1.54) is 17.8 Å². The minimum Gasteiger partial charge on any atom is -0.389 e. The zero-order valence-electron chi connectivity index (χ0n) is 9.73. The third-order valence-electron chi connectivity index (χ3n) is 2.48. The van der Waals surface area contributed by atoms with Crippen molar-refractivity contribution < 1.29 is 9.50 Å². The van der Waals surface area contributed by atoms with Gasteiger partial charge in [-0.05, 0) is 42.8 Å². The highest BCUT2D eigenvalue weighted by Crippen LogP contribution is 2.35. The van der Waals surface area contributed by atoms with Crippen LogP contribution in [0.2, 0.25) is 0 Å². The van der Waals surface area contributed by atoms with Crippen LogP contribution in [0.5, 0.6) is 0 Å². The van der Waals surface area contributed by atoms with Crippen LogP contribution in [-0.2, 0) is 0 Å². The Bertz CT molecular complexity index is 540. The molecule has 0 aromatic heterocycles. The highest BCUT2D eigenvalue weighted by atomic mass is 79.9. The van der Waals surface area contributed by atoms with Crippen molar-refractivity contribution in [2.45, 2.75) is 22.8 Å². The van der Waals surface area contributed by atoms with Crippen LogP contribution < -0.4 is 0 Å². The fourth-order valence-electron chi connectivity index (χ4n) is 1.58. The minimum absolute atomic E-state index is 0.304. The minimum atomic E-state index is -0.682. The van der Waals surface area contributed by atoms with Gasteiger partial charge in [-0.1, -0.05) is 39.8 Å². The van der Waals surface area contributed by atoms with Crippen molar-refractivity contribution in [3.05, 3.63) is 58.3 Å². The molecule has 2 rings (SSSR count). The molecule has 0 bridgehead atoms. The summed E-state index contributed by atoms with van der Waals surface area (Å²) in [6, 6.07) is 12.4. The predicted octanol–water partition coefficient (Wildman–Crippen LogP) is 4.79. The van der Waals surface area contributed by atoms with Gasteiger partial charge in [-0.3, -0.25) is 0 Å². The van der Waals surface area contributed by atoms with Gasteiger partial charge in [-0.2, -0.15) is 0 Å². The first-order chi connectivity index (χ1) is 8.58. The lowest BCUT2D eigenvalue weighted by Crippen LogP contribution is -1.96. The van der Waals surface area contributed by atoms with E-state index >= 15 is 0 Å². The van der Waals surface area contributed by atoms with Crippen LogP contribution in [-0.4, -0.2) is 5.11 Å². The van der Waals surface area contributed by atoms with E-state index < -0.39 is 6.10 Å². The third kappa shape index (κ3) is 3.13. The second kappa shape index (κ2) is 5.87. The molecule has 4 heteroatoms. The average Bonchev–Trinajstić information content (AvgIpc) is 2.34. The first-order valence-electron chi connectivity index (χ1n) is 5.48. The third-order valence-corrected chi connectivity index (χ3v) is 4.15. The SMILES string of the molecule is C[C@@H](O)c1cccc(F)c1Sc1ccc(Br)cc1. The second-order valence-electron chi connectivity index (χ2n) is 3.89. The summed E-state index contributed by atoms with van der Waals surface area (Å²) in [5.74, 6) is -0.304. The first-order valence-corrected chi connectivity index (χ1v) is 7.09. The monoisotopic (exact) mass is 326 g/mol. The molecule has 0 spiro atoms. The maximum Gasteiger partial charge on any atom is 0.137 e. The lowest BCUT2D eigenvalue weighted by Gasteiger charge is -2.12. The summed E-state index contributed by atoms with van der Waals surface area (Å²) in [6.45, 7) is 1.64. The van der Waals surface area contributed by atoms with Gasteiger partial charge in [-0.25, -0.2) is 4.39 Å². The van der Waals surface area contributed by atoms with E-state index in [0.717, 1.165) is 9.37 Å². The maximum atomic E-state index is 13.8. The standard InChI is InChI=1S/C14H12BrFOS/c1-9(17)12-3-2-4-13(16)14(12)18-11-7-5-10(15)6-8-11/h2-9,17H,1H3/t9-/m1/s1. The Morgan fingerprint density at radius 1 is 1.17 bits per heavy atom. The molecule has 0 aliphatic rings. The van der Waals surface area contributed by atoms with E-state index in [-0.39, 0.29) is 5.82 Å². The Balaban J connectivity index is 2.36. The normalized spacial score (nSPS) is 12.4. The molecule has 0 aliphatic heterocycles. The van der Waals surface area contributed by atoms with Gasteiger partial charge in [0.15, 0.2) is 0 Å². The Morgan fingerprint density at radius 2 is 1.83 bits per heavy atom. The number of hydrogen-bond donors (Lipinski definition) is 1. The Morgan fingerprint density at radius 3 is 2.44 bits per heavy atom. The zero-order valence-corrected chi connectivity index (χ0v) is 12.1. The van der Waals surface area contributed by atoms with E-state index in [0.29, 0.717) is 10.5 Å². The van der Waals surface area contributed by atoms with Gasteiger partial charge < -0.3 is 5.11 Å². The summed E-state index contributed by atoms with van der Waals surface area (Å²) in [5, 5.41) is 9.66. The van der Waals surface area contributed by atoms with Gasteiger partial charge in [0.05, 0.1) is 11.0 Å². The summed E-state index contributed by atoms with van der Waals surface area (Å²) in [6.07, 6.45) is -0.682. The lowest BCUT2D eigenvalue weighted by molar-refractivity contribution is 0.195. The number of benzene rings is 2. The number of aliphatic hydroxyl groups excluding tert-OH is 1. The lowest BCUT2D eigenvalue weighted by atomic mass is 10.1. The summed E-state index contributed by atoms with van der Waals surface area (Å²) in [7, 11) is 0. The molecule has 0 saturated carbocycles. The molecule has 0 fully saturated rings. The molecule has 0 heterocycles. The molecular formula is C14H12BrFOS. The van der Waals surface area contributed by atoms with Crippen LogP contribution in [0.4, 0.5) is 4.39 Å². The highest BCUT2D eigenvalue weighted by molar-refractivity contribution is 9.10. The van der Waals surface area contributed by atoms with Gasteiger partial charge in [0, 0.05) is 9.37 Å². The summed E-state index contributed by atoms with van der Waals surface area (Å²) >= 11 is 4.68. The van der Waals surface area contributed by atoms with E-state index in [2.05, 4.69) is 15.9 Å². The molecule has 0 unspecified atom stereocenters. The number of hydrogen-bond acceptors (Lipinski definition) is 2. The molecule has 1 N–H and O–H groups in total. The van der Waals surface area contributed by atoms with Crippen LogP contribution in [0, 0.1) is 5.82 Å². The largest absolute Gasteiger partial charge is 0.389 e. The van der Waals surface area contributed by atoms with Gasteiger partial charge in [0.25, 0.3) is 0 Å². The molecule has 0 saturated heterocycles. The fourth-order valence-corrected chi connectivity index (χ4v) is 2.88. The van der Waals surface area contributed by atoms with Crippen LogP contribution >= 0.6 is 27.7 Å². The van der Waals surface area contributed by atoms with Crippen LogP contribution in [0.25, 0.3) is 0 Å². The topological polar surface area (TPSA) is 20.2 Å². The van der Waals surface area contributed by atoms with E-state index in [1.807, 2.05) is 24.3 Å². The smallest absolute Gasteiger partial charge is 0.137 e. The average molecular weight is 327 g/mol. The summed E-state index contributed by atoms with van der Waals surface area (Å²) in [5.41, 5.74) is 0.614. The molecule has 1 nitrogen and oxygen atoms in total.